The van der Waals surface area contributed by atoms with Gasteiger partial charge in [0.1, 0.15) is 23.7 Å². The van der Waals surface area contributed by atoms with Crippen LogP contribution in [0, 0.1) is 0 Å². The fourth-order valence-corrected chi connectivity index (χ4v) is 2.99. The minimum absolute atomic E-state index is 0.240. The van der Waals surface area contributed by atoms with E-state index in [1.165, 1.54) is 12.1 Å². The van der Waals surface area contributed by atoms with Crippen LogP contribution in [0.2, 0.25) is 0 Å². The van der Waals surface area contributed by atoms with Gasteiger partial charge >= 0.3 is 0 Å². The molecule has 2 aromatic carbocycles. The predicted octanol–water partition coefficient (Wildman–Crippen LogP) is 2.69. The third-order valence-electron chi connectivity index (χ3n) is 4.42. The summed E-state index contributed by atoms with van der Waals surface area (Å²) in [6, 6.07) is 15.9. The van der Waals surface area contributed by atoms with Crippen LogP contribution >= 0.6 is 0 Å². The lowest BCUT2D eigenvalue weighted by Crippen LogP contribution is -2.27. The number of benzene rings is 2. The first kappa shape index (κ1) is 22.1. The molecular weight excluding hydrogens is 398 g/mol. The number of likely N-dealkylation sites (N-methyl/N-ethyl adjacent to an activating group) is 1. The van der Waals surface area contributed by atoms with Crippen LogP contribution in [-0.4, -0.2) is 55.7 Å². The molecule has 31 heavy (non-hydrogen) atoms. The van der Waals surface area contributed by atoms with Crippen molar-refractivity contribution in [2.24, 2.45) is 0 Å². The average Bonchev–Trinajstić information content (AvgIpc) is 3.20. The summed E-state index contributed by atoms with van der Waals surface area (Å²) < 4.78 is 11.5. The van der Waals surface area contributed by atoms with E-state index in [2.05, 4.69) is 5.32 Å². The predicted molar refractivity (Wildman–Crippen MR) is 117 cm³/mol. The number of hydrogen-bond donors (Lipinski definition) is 3. The molecule has 0 spiro atoms. The van der Waals surface area contributed by atoms with Gasteiger partial charge in [-0.05, 0) is 50.5 Å². The van der Waals surface area contributed by atoms with E-state index in [-0.39, 0.29) is 12.5 Å². The van der Waals surface area contributed by atoms with E-state index in [0.29, 0.717) is 30.2 Å². The minimum atomic E-state index is -0.594. The van der Waals surface area contributed by atoms with Crippen molar-refractivity contribution in [3.05, 3.63) is 72.0 Å². The van der Waals surface area contributed by atoms with Crippen molar-refractivity contribution in [1.82, 2.24) is 15.7 Å². The number of para-hydroxylation sites is 1. The fraction of sp³-hybridized carbons (Fsp3) is 0.217. The molecule has 0 atom stereocenters. The summed E-state index contributed by atoms with van der Waals surface area (Å²) in [5, 5.41) is 12.4. The van der Waals surface area contributed by atoms with Crippen molar-refractivity contribution in [1.29, 1.82) is 0 Å². The van der Waals surface area contributed by atoms with Gasteiger partial charge in [0.05, 0.1) is 6.54 Å². The second-order valence-electron chi connectivity index (χ2n) is 7.16. The van der Waals surface area contributed by atoms with Gasteiger partial charge in [0.25, 0.3) is 5.91 Å². The Labute approximate surface area is 180 Å². The summed E-state index contributed by atoms with van der Waals surface area (Å²) >= 11 is 0. The Morgan fingerprint density at radius 2 is 1.87 bits per heavy atom. The van der Waals surface area contributed by atoms with Gasteiger partial charge in [-0.25, -0.2) is 5.48 Å². The van der Waals surface area contributed by atoms with Crippen molar-refractivity contribution < 1.29 is 24.0 Å². The number of furan rings is 1. The number of carbonyl (C=O) groups is 2. The maximum atomic E-state index is 12.4. The van der Waals surface area contributed by atoms with Crippen LogP contribution in [0.4, 0.5) is 0 Å². The Morgan fingerprint density at radius 3 is 2.55 bits per heavy atom. The minimum Gasteiger partial charge on any atom is -0.492 e. The number of hydroxylamine groups is 1. The fourth-order valence-electron chi connectivity index (χ4n) is 2.99. The number of amides is 2. The molecule has 8 nitrogen and oxygen atoms in total. The Morgan fingerprint density at radius 1 is 1.13 bits per heavy atom. The molecule has 1 aromatic heterocycles. The first-order chi connectivity index (χ1) is 15.0. The molecule has 8 heteroatoms. The van der Waals surface area contributed by atoms with Gasteiger partial charge in [0, 0.05) is 29.1 Å². The molecule has 0 radical (unpaired) electrons. The zero-order valence-electron chi connectivity index (χ0n) is 17.4. The second-order valence-corrected chi connectivity index (χ2v) is 7.16. The van der Waals surface area contributed by atoms with Crippen molar-refractivity contribution in [2.75, 3.05) is 33.8 Å². The van der Waals surface area contributed by atoms with Crippen LogP contribution in [0.1, 0.15) is 16.1 Å². The van der Waals surface area contributed by atoms with Gasteiger partial charge in [-0.3, -0.25) is 14.8 Å². The van der Waals surface area contributed by atoms with Gasteiger partial charge in [-0.15, -0.1) is 0 Å². The number of nitrogens with zero attached hydrogens (tertiary/aromatic N) is 1. The first-order valence-electron chi connectivity index (χ1n) is 9.75. The Balaban J connectivity index is 1.56. The third-order valence-corrected chi connectivity index (χ3v) is 4.42. The quantitative estimate of drug-likeness (QED) is 0.212. The molecule has 0 unspecified atom stereocenters. The standard InChI is InChI=1S/C23H25N3O5/c1-26(2)15-18(21-13-17-5-3-4-6-20(17)31-21)14-22(27)24-11-12-30-19-9-7-16(8-10-19)23(28)25-29/h3-10,13-14,29H,11-12,15H2,1-2H3,(H,24,27)(H,25,28). The molecule has 0 aliphatic heterocycles. The molecule has 3 N–H and O–H groups in total. The zero-order valence-corrected chi connectivity index (χ0v) is 17.4. The lowest BCUT2D eigenvalue weighted by molar-refractivity contribution is -0.116. The smallest absolute Gasteiger partial charge is 0.274 e. The molecule has 0 saturated heterocycles. The number of hydrogen-bond acceptors (Lipinski definition) is 6. The molecule has 0 aliphatic carbocycles. The summed E-state index contributed by atoms with van der Waals surface area (Å²) in [4.78, 5) is 25.7. The number of rotatable bonds is 9. The van der Waals surface area contributed by atoms with Crippen molar-refractivity contribution in [3.63, 3.8) is 0 Å². The zero-order chi connectivity index (χ0) is 22.2. The maximum Gasteiger partial charge on any atom is 0.274 e. The monoisotopic (exact) mass is 423 g/mol. The molecule has 0 fully saturated rings. The van der Waals surface area contributed by atoms with Crippen molar-refractivity contribution >= 4 is 28.4 Å². The Bertz CT molecular complexity index is 1040. The van der Waals surface area contributed by atoms with E-state index < -0.39 is 5.91 Å². The molecule has 0 aliphatic rings. The third kappa shape index (κ3) is 6.18. The molecule has 2 amide bonds. The summed E-state index contributed by atoms with van der Waals surface area (Å²) in [6.07, 6.45) is 1.54. The molecule has 0 saturated carbocycles. The highest BCUT2D eigenvalue weighted by Crippen LogP contribution is 2.25. The van der Waals surface area contributed by atoms with Gasteiger partial charge in [-0.1, -0.05) is 18.2 Å². The Hall–Kier alpha value is -3.62. The molecule has 3 aromatic rings. The highest BCUT2D eigenvalue weighted by atomic mass is 16.5. The normalized spacial score (nSPS) is 11.5. The van der Waals surface area contributed by atoms with Crippen LogP contribution in [0.25, 0.3) is 16.5 Å². The van der Waals surface area contributed by atoms with Gasteiger partial charge in [0.2, 0.25) is 5.91 Å². The van der Waals surface area contributed by atoms with Gasteiger partial charge in [0.15, 0.2) is 0 Å². The van der Waals surface area contributed by atoms with E-state index in [0.717, 1.165) is 16.5 Å². The van der Waals surface area contributed by atoms with Crippen molar-refractivity contribution in [2.45, 2.75) is 0 Å². The molecular formula is C23H25N3O5. The van der Waals surface area contributed by atoms with Crippen molar-refractivity contribution in [3.8, 4) is 5.75 Å². The second kappa shape index (κ2) is 10.4. The van der Waals surface area contributed by atoms with E-state index >= 15 is 0 Å². The van der Waals surface area contributed by atoms with Crippen LogP contribution in [-0.2, 0) is 4.79 Å². The summed E-state index contributed by atoms with van der Waals surface area (Å²) in [7, 11) is 3.86. The Kier molecular flexibility index (Phi) is 7.42. The number of carbonyl (C=O) groups excluding carboxylic acids is 2. The van der Waals surface area contributed by atoms with Crippen LogP contribution in [0.5, 0.6) is 5.75 Å². The van der Waals surface area contributed by atoms with E-state index in [4.69, 9.17) is 14.4 Å². The van der Waals surface area contributed by atoms with Crippen LogP contribution in [0.15, 0.2) is 65.1 Å². The lowest BCUT2D eigenvalue weighted by atomic mass is 10.1. The van der Waals surface area contributed by atoms with E-state index in [9.17, 15) is 9.59 Å². The molecule has 0 bridgehead atoms. The van der Waals surface area contributed by atoms with Crippen LogP contribution in [0.3, 0.4) is 0 Å². The summed E-state index contributed by atoms with van der Waals surface area (Å²) in [6.45, 7) is 1.12. The van der Waals surface area contributed by atoms with E-state index in [1.54, 1.807) is 23.7 Å². The van der Waals surface area contributed by atoms with E-state index in [1.807, 2.05) is 49.3 Å². The first-order valence-corrected chi connectivity index (χ1v) is 9.75. The van der Waals surface area contributed by atoms with Crippen LogP contribution < -0.4 is 15.5 Å². The SMILES string of the molecule is CN(C)CC(=CC(=O)NCCOc1ccc(C(=O)NO)cc1)c1cc2ccccc2o1. The lowest BCUT2D eigenvalue weighted by Gasteiger charge is -2.12. The summed E-state index contributed by atoms with van der Waals surface area (Å²) in [5.41, 5.74) is 3.43. The topological polar surface area (TPSA) is 104 Å². The molecule has 162 valence electrons. The number of fused-ring (bicyclic) bond motifs is 1. The average molecular weight is 423 g/mol. The van der Waals surface area contributed by atoms with Gasteiger partial charge in [-0.2, -0.15) is 0 Å². The van der Waals surface area contributed by atoms with Gasteiger partial charge < -0.3 is 19.4 Å². The largest absolute Gasteiger partial charge is 0.492 e. The molecule has 1 heterocycles. The maximum absolute atomic E-state index is 12.4. The summed E-state index contributed by atoms with van der Waals surface area (Å²) in [5.74, 6) is 0.377. The molecule has 3 rings (SSSR count). The highest BCUT2D eigenvalue weighted by Gasteiger charge is 2.12. The highest BCUT2D eigenvalue weighted by molar-refractivity contribution is 5.96. The number of nitrogens with one attached hydrogen (secondary N) is 2. The number of ether oxygens (including phenoxy) is 1.